The highest BCUT2D eigenvalue weighted by Gasteiger charge is 2.54. The van der Waals surface area contributed by atoms with Gasteiger partial charge >= 0.3 is 5.97 Å². The van der Waals surface area contributed by atoms with Crippen LogP contribution in [0.1, 0.15) is 26.3 Å². The molecule has 8 nitrogen and oxygen atoms in total. The summed E-state index contributed by atoms with van der Waals surface area (Å²) in [4.78, 5) is 48.7. The number of thioether (sulfide) groups is 2. The minimum Gasteiger partial charge on any atom is -0.455 e. The maximum absolute atomic E-state index is 13.1. The number of nitrogens with one attached hydrogen (secondary N) is 1. The average Bonchev–Trinajstić information content (AvgIpc) is 2.80. The minimum atomic E-state index is -0.706. The van der Waals surface area contributed by atoms with E-state index in [1.54, 1.807) is 39.2 Å². The standard InChI is InChI=1S/C24H26N4O4S2/c1-24(2,3)32-22(31)19-16(14-34-23-25-10-7-11-26-23)13-33-21-18(20(30)28(19)21)27-17(29)12-15-8-5-4-6-9-15/h4-11,18,21H,12-14H2,1-3H3,(H,27,29)/t18-,21-/m1/s1. The fourth-order valence-electron chi connectivity index (χ4n) is 3.63. The summed E-state index contributed by atoms with van der Waals surface area (Å²) in [6.07, 6.45) is 3.51. The van der Waals surface area contributed by atoms with Gasteiger partial charge in [-0.2, -0.15) is 0 Å². The number of ether oxygens (including phenoxy) is 1. The summed E-state index contributed by atoms with van der Waals surface area (Å²) in [6.45, 7) is 5.37. The van der Waals surface area contributed by atoms with Crippen LogP contribution in [0.5, 0.6) is 0 Å². The van der Waals surface area contributed by atoms with Crippen LogP contribution in [0.15, 0.2) is 65.2 Å². The highest BCUT2D eigenvalue weighted by molar-refractivity contribution is 8.01. The van der Waals surface area contributed by atoms with Crippen LogP contribution in [0, 0.1) is 0 Å². The smallest absolute Gasteiger partial charge is 0.355 e. The van der Waals surface area contributed by atoms with E-state index in [1.807, 2.05) is 30.3 Å². The number of amides is 2. The lowest BCUT2D eigenvalue weighted by Gasteiger charge is -2.50. The van der Waals surface area contributed by atoms with Crippen LogP contribution in [-0.2, 0) is 25.5 Å². The lowest BCUT2D eigenvalue weighted by molar-refractivity contribution is -0.159. The maximum atomic E-state index is 13.1. The van der Waals surface area contributed by atoms with Crippen molar-refractivity contribution in [2.24, 2.45) is 0 Å². The molecule has 1 fully saturated rings. The lowest BCUT2D eigenvalue weighted by atomic mass is 10.0. The number of rotatable bonds is 7. The molecule has 0 saturated carbocycles. The number of aromatic nitrogens is 2. The van der Waals surface area contributed by atoms with Gasteiger partial charge in [-0.25, -0.2) is 14.8 Å². The quantitative estimate of drug-likeness (QED) is 0.269. The summed E-state index contributed by atoms with van der Waals surface area (Å²) in [6, 6.07) is 10.4. The van der Waals surface area contributed by atoms with Gasteiger partial charge in [0.2, 0.25) is 5.91 Å². The zero-order chi connectivity index (χ0) is 24.3. The molecule has 34 heavy (non-hydrogen) atoms. The summed E-state index contributed by atoms with van der Waals surface area (Å²) >= 11 is 2.92. The zero-order valence-electron chi connectivity index (χ0n) is 19.2. The van der Waals surface area contributed by atoms with Crippen molar-refractivity contribution in [2.45, 2.75) is 49.4 Å². The molecule has 178 valence electrons. The van der Waals surface area contributed by atoms with E-state index in [0.717, 1.165) is 11.1 Å². The Bertz CT molecular complexity index is 1100. The van der Waals surface area contributed by atoms with E-state index < -0.39 is 17.6 Å². The van der Waals surface area contributed by atoms with Gasteiger partial charge in [0.1, 0.15) is 22.7 Å². The van der Waals surface area contributed by atoms with Crippen molar-refractivity contribution in [1.82, 2.24) is 20.2 Å². The number of carbonyl (C=O) groups excluding carboxylic acids is 3. The first kappa shape index (κ1) is 24.3. The number of fused-ring (bicyclic) bond motifs is 1. The molecular formula is C24H26N4O4S2. The van der Waals surface area contributed by atoms with Gasteiger partial charge in [0, 0.05) is 23.9 Å². The molecule has 3 heterocycles. The SMILES string of the molecule is CC(C)(C)OC(=O)C1=C(CSc2ncccn2)CS[C@@H]2[C@H](NC(=O)Cc3ccccc3)C(=O)N12. The van der Waals surface area contributed by atoms with Crippen molar-refractivity contribution in [3.63, 3.8) is 0 Å². The van der Waals surface area contributed by atoms with Crippen molar-refractivity contribution >= 4 is 41.3 Å². The summed E-state index contributed by atoms with van der Waals surface area (Å²) in [5, 5.41) is 3.08. The van der Waals surface area contributed by atoms with Gasteiger partial charge in [-0.15, -0.1) is 11.8 Å². The number of esters is 1. The Morgan fingerprint density at radius 2 is 1.88 bits per heavy atom. The van der Waals surface area contributed by atoms with E-state index >= 15 is 0 Å². The highest BCUT2D eigenvalue weighted by atomic mass is 32.2. The second-order valence-corrected chi connectivity index (χ2v) is 10.9. The van der Waals surface area contributed by atoms with Gasteiger partial charge in [0.05, 0.1) is 6.42 Å². The monoisotopic (exact) mass is 498 g/mol. The van der Waals surface area contributed by atoms with Crippen molar-refractivity contribution in [3.8, 4) is 0 Å². The molecule has 2 aliphatic rings. The third-order valence-corrected chi connectivity index (χ3v) is 7.38. The largest absolute Gasteiger partial charge is 0.455 e. The van der Waals surface area contributed by atoms with Gasteiger partial charge in [-0.1, -0.05) is 42.1 Å². The van der Waals surface area contributed by atoms with Crippen LogP contribution in [0.3, 0.4) is 0 Å². The molecule has 2 amide bonds. The molecular weight excluding hydrogens is 472 g/mol. The van der Waals surface area contributed by atoms with Gasteiger partial charge in [-0.3, -0.25) is 14.5 Å². The number of carbonyl (C=O) groups is 3. The third-order valence-electron chi connectivity index (χ3n) is 5.08. The first-order valence-electron chi connectivity index (χ1n) is 10.9. The van der Waals surface area contributed by atoms with E-state index in [1.165, 1.54) is 28.4 Å². The molecule has 1 aromatic heterocycles. The van der Waals surface area contributed by atoms with Crippen LogP contribution in [0.25, 0.3) is 0 Å². The molecule has 0 radical (unpaired) electrons. The van der Waals surface area contributed by atoms with Crippen molar-refractivity contribution < 1.29 is 19.1 Å². The molecule has 0 bridgehead atoms. The van der Waals surface area contributed by atoms with Crippen LogP contribution in [-0.4, -0.2) is 61.2 Å². The Kier molecular flexibility index (Phi) is 7.27. The van der Waals surface area contributed by atoms with Gasteiger partial charge in [0.25, 0.3) is 5.91 Å². The first-order chi connectivity index (χ1) is 16.2. The van der Waals surface area contributed by atoms with Crippen LogP contribution >= 0.6 is 23.5 Å². The van der Waals surface area contributed by atoms with Gasteiger partial charge in [0.15, 0.2) is 5.16 Å². The molecule has 2 aliphatic heterocycles. The molecule has 2 aromatic rings. The summed E-state index contributed by atoms with van der Waals surface area (Å²) in [5.41, 5.74) is 1.22. The minimum absolute atomic E-state index is 0.190. The maximum Gasteiger partial charge on any atom is 0.355 e. The highest BCUT2D eigenvalue weighted by Crippen LogP contribution is 2.42. The molecule has 2 atom stereocenters. The molecule has 0 unspecified atom stereocenters. The van der Waals surface area contributed by atoms with E-state index in [9.17, 15) is 14.4 Å². The number of β-lactam (4-membered cyclic amide) rings is 1. The fourth-order valence-corrected chi connectivity index (χ4v) is 5.91. The van der Waals surface area contributed by atoms with E-state index in [0.29, 0.717) is 16.7 Å². The van der Waals surface area contributed by atoms with Crippen LogP contribution in [0.4, 0.5) is 0 Å². The third kappa shape index (κ3) is 5.61. The topological polar surface area (TPSA) is 101 Å². The molecule has 1 saturated heterocycles. The Balaban J connectivity index is 1.50. The fraction of sp³-hybridized carbons (Fsp3) is 0.375. The predicted molar refractivity (Wildman–Crippen MR) is 131 cm³/mol. The Hall–Kier alpha value is -2.85. The Labute approximate surface area is 206 Å². The number of hydrogen-bond donors (Lipinski definition) is 1. The van der Waals surface area contributed by atoms with Gasteiger partial charge in [-0.05, 0) is 38.0 Å². The number of nitrogens with zero attached hydrogens (tertiary/aromatic N) is 3. The summed E-state index contributed by atoms with van der Waals surface area (Å²) in [5.74, 6) is -0.0843. The second kappa shape index (κ2) is 10.2. The van der Waals surface area contributed by atoms with E-state index in [-0.39, 0.29) is 29.3 Å². The second-order valence-electron chi connectivity index (χ2n) is 8.89. The Morgan fingerprint density at radius 3 is 2.56 bits per heavy atom. The molecule has 4 rings (SSSR count). The Morgan fingerprint density at radius 1 is 1.18 bits per heavy atom. The normalized spacial score (nSPS) is 19.9. The van der Waals surface area contributed by atoms with Crippen molar-refractivity contribution in [1.29, 1.82) is 0 Å². The summed E-state index contributed by atoms with van der Waals surface area (Å²) < 4.78 is 5.63. The predicted octanol–water partition coefficient (Wildman–Crippen LogP) is 2.81. The van der Waals surface area contributed by atoms with Crippen LogP contribution < -0.4 is 5.32 Å². The average molecular weight is 499 g/mol. The molecule has 1 N–H and O–H groups in total. The zero-order valence-corrected chi connectivity index (χ0v) is 20.8. The van der Waals surface area contributed by atoms with Crippen LogP contribution in [0.2, 0.25) is 0 Å². The molecule has 10 heteroatoms. The van der Waals surface area contributed by atoms with Crippen molar-refractivity contribution in [3.05, 3.63) is 65.6 Å². The first-order valence-corrected chi connectivity index (χ1v) is 12.9. The van der Waals surface area contributed by atoms with Crippen molar-refractivity contribution in [2.75, 3.05) is 11.5 Å². The lowest BCUT2D eigenvalue weighted by Crippen LogP contribution is -2.70. The molecule has 0 aliphatic carbocycles. The number of hydrogen-bond acceptors (Lipinski definition) is 8. The molecule has 0 spiro atoms. The van der Waals surface area contributed by atoms with E-state index in [2.05, 4.69) is 15.3 Å². The van der Waals surface area contributed by atoms with Gasteiger partial charge < -0.3 is 10.1 Å². The number of benzene rings is 1. The summed E-state index contributed by atoms with van der Waals surface area (Å²) in [7, 11) is 0. The molecule has 1 aromatic carbocycles. The van der Waals surface area contributed by atoms with E-state index in [4.69, 9.17) is 4.74 Å².